The molecular formula is C18H22. The number of aryl methyl sites for hydroxylation is 3. The molecule has 0 spiro atoms. The van der Waals surface area contributed by atoms with Crippen LogP contribution in [0, 0.1) is 13.8 Å². The van der Waals surface area contributed by atoms with Gasteiger partial charge in [-0.05, 0) is 48.9 Å². The average Bonchev–Trinajstić information content (AvgIpc) is 2.37. The van der Waals surface area contributed by atoms with Crippen LogP contribution in [0.2, 0.25) is 0 Å². The van der Waals surface area contributed by atoms with E-state index in [4.69, 9.17) is 0 Å². The van der Waals surface area contributed by atoms with Crippen LogP contribution in [-0.2, 0) is 12.8 Å². The minimum absolute atomic E-state index is 1.10. The summed E-state index contributed by atoms with van der Waals surface area (Å²) in [6, 6.07) is 13.5. The third-order valence-corrected chi connectivity index (χ3v) is 3.55. The van der Waals surface area contributed by atoms with E-state index in [9.17, 15) is 0 Å². The van der Waals surface area contributed by atoms with Gasteiger partial charge in [0, 0.05) is 0 Å². The molecule has 0 amide bonds. The first-order valence-corrected chi connectivity index (χ1v) is 6.85. The fourth-order valence-corrected chi connectivity index (χ4v) is 2.69. The Morgan fingerprint density at radius 2 is 1.61 bits per heavy atom. The summed E-state index contributed by atoms with van der Waals surface area (Å²) >= 11 is 0. The second-order valence-corrected chi connectivity index (χ2v) is 5.03. The number of rotatable bonds is 3. The zero-order valence-corrected chi connectivity index (χ0v) is 11.9. The van der Waals surface area contributed by atoms with E-state index in [1.54, 1.807) is 0 Å². The Labute approximate surface area is 111 Å². The molecule has 0 aliphatic heterocycles. The highest BCUT2D eigenvalue weighted by atomic mass is 14.1. The smallest absolute Gasteiger partial charge is 0.0147 e. The summed E-state index contributed by atoms with van der Waals surface area (Å²) in [6.45, 7) is 8.85. The van der Waals surface area contributed by atoms with Gasteiger partial charge in [0.05, 0.1) is 0 Å². The zero-order valence-electron chi connectivity index (χ0n) is 11.9. The van der Waals surface area contributed by atoms with Crippen LogP contribution >= 0.6 is 0 Å². The quantitative estimate of drug-likeness (QED) is 0.698. The fourth-order valence-electron chi connectivity index (χ4n) is 2.69. The third-order valence-electron chi connectivity index (χ3n) is 3.55. The van der Waals surface area contributed by atoms with Crippen LogP contribution < -0.4 is 0 Å². The molecule has 0 saturated carbocycles. The molecule has 0 aliphatic carbocycles. The van der Waals surface area contributed by atoms with Gasteiger partial charge in [0.2, 0.25) is 0 Å². The van der Waals surface area contributed by atoms with E-state index < -0.39 is 0 Å². The predicted molar refractivity (Wildman–Crippen MR) is 80.1 cm³/mol. The van der Waals surface area contributed by atoms with E-state index in [1.807, 2.05) is 0 Å². The van der Waals surface area contributed by atoms with Crippen molar-refractivity contribution in [3.05, 3.63) is 58.7 Å². The fraction of sp³-hybridized carbons (Fsp3) is 0.333. The van der Waals surface area contributed by atoms with Crippen LogP contribution in [0.1, 0.15) is 36.1 Å². The van der Waals surface area contributed by atoms with E-state index in [1.165, 1.54) is 33.4 Å². The molecular weight excluding hydrogens is 216 g/mol. The third kappa shape index (κ3) is 2.48. The second-order valence-electron chi connectivity index (χ2n) is 5.03. The Bertz CT molecular complexity index is 550. The minimum atomic E-state index is 1.10. The maximum Gasteiger partial charge on any atom is -0.0147 e. The average molecular weight is 238 g/mol. The topological polar surface area (TPSA) is 0 Å². The summed E-state index contributed by atoms with van der Waals surface area (Å²) in [5, 5.41) is 0. The van der Waals surface area contributed by atoms with E-state index in [-0.39, 0.29) is 0 Å². The molecule has 0 aromatic heterocycles. The first-order chi connectivity index (χ1) is 8.65. The first kappa shape index (κ1) is 12.9. The number of hydrogen-bond acceptors (Lipinski definition) is 0. The largest absolute Gasteiger partial charge is 0.0614 e. The molecule has 2 rings (SSSR count). The summed E-state index contributed by atoms with van der Waals surface area (Å²) in [5.41, 5.74) is 8.46. The van der Waals surface area contributed by atoms with Gasteiger partial charge in [-0.1, -0.05) is 61.4 Å². The van der Waals surface area contributed by atoms with Gasteiger partial charge >= 0.3 is 0 Å². The molecule has 0 saturated heterocycles. The molecule has 0 bridgehead atoms. The van der Waals surface area contributed by atoms with Crippen LogP contribution in [0.4, 0.5) is 0 Å². The van der Waals surface area contributed by atoms with Crippen LogP contribution in [0.15, 0.2) is 36.4 Å². The summed E-state index contributed by atoms with van der Waals surface area (Å²) < 4.78 is 0. The van der Waals surface area contributed by atoms with Crippen molar-refractivity contribution >= 4 is 0 Å². The Hall–Kier alpha value is -1.56. The van der Waals surface area contributed by atoms with Gasteiger partial charge in [-0.2, -0.15) is 0 Å². The van der Waals surface area contributed by atoms with Crippen LogP contribution in [0.5, 0.6) is 0 Å². The van der Waals surface area contributed by atoms with Crippen molar-refractivity contribution in [3.8, 4) is 11.1 Å². The summed E-state index contributed by atoms with van der Waals surface area (Å²) in [5.74, 6) is 0. The van der Waals surface area contributed by atoms with E-state index in [2.05, 4.69) is 64.1 Å². The van der Waals surface area contributed by atoms with Gasteiger partial charge in [0.25, 0.3) is 0 Å². The first-order valence-electron chi connectivity index (χ1n) is 6.85. The van der Waals surface area contributed by atoms with Crippen molar-refractivity contribution in [2.75, 3.05) is 0 Å². The van der Waals surface area contributed by atoms with Gasteiger partial charge in [-0.3, -0.25) is 0 Å². The summed E-state index contributed by atoms with van der Waals surface area (Å²) in [6.07, 6.45) is 2.22. The molecule has 0 heterocycles. The highest BCUT2D eigenvalue weighted by Gasteiger charge is 2.09. The molecule has 0 atom stereocenters. The van der Waals surface area contributed by atoms with Crippen LogP contribution in [0.25, 0.3) is 11.1 Å². The Balaban J connectivity index is 2.66. The van der Waals surface area contributed by atoms with Gasteiger partial charge in [0.1, 0.15) is 0 Å². The SMILES string of the molecule is CCc1cc(C)cc(-c2cccc(C)c2)c1CC. The lowest BCUT2D eigenvalue weighted by Gasteiger charge is -2.15. The van der Waals surface area contributed by atoms with Crippen LogP contribution in [0.3, 0.4) is 0 Å². The molecule has 0 fully saturated rings. The van der Waals surface area contributed by atoms with Gasteiger partial charge in [-0.25, -0.2) is 0 Å². The molecule has 0 radical (unpaired) electrons. The maximum atomic E-state index is 2.33. The van der Waals surface area contributed by atoms with E-state index in [0.29, 0.717) is 0 Å². The van der Waals surface area contributed by atoms with Crippen molar-refractivity contribution in [2.24, 2.45) is 0 Å². The van der Waals surface area contributed by atoms with E-state index >= 15 is 0 Å². The molecule has 2 aromatic carbocycles. The van der Waals surface area contributed by atoms with Crippen molar-refractivity contribution in [1.29, 1.82) is 0 Å². The zero-order chi connectivity index (χ0) is 13.1. The van der Waals surface area contributed by atoms with Crippen LogP contribution in [-0.4, -0.2) is 0 Å². The lowest BCUT2D eigenvalue weighted by molar-refractivity contribution is 1.03. The number of benzene rings is 2. The standard InChI is InChI=1S/C18H22/c1-5-15-11-14(4)12-18(17(15)6-2)16-9-7-8-13(3)10-16/h7-12H,5-6H2,1-4H3. The molecule has 0 aliphatic rings. The van der Waals surface area contributed by atoms with Crippen molar-refractivity contribution in [3.63, 3.8) is 0 Å². The minimum Gasteiger partial charge on any atom is -0.0614 e. The number of hydrogen-bond donors (Lipinski definition) is 0. The Morgan fingerprint density at radius 1 is 0.833 bits per heavy atom. The predicted octanol–water partition coefficient (Wildman–Crippen LogP) is 5.10. The van der Waals surface area contributed by atoms with Gasteiger partial charge in [0.15, 0.2) is 0 Å². The van der Waals surface area contributed by atoms with Gasteiger partial charge < -0.3 is 0 Å². The maximum absolute atomic E-state index is 2.33. The molecule has 2 aromatic rings. The van der Waals surface area contributed by atoms with Crippen molar-refractivity contribution in [2.45, 2.75) is 40.5 Å². The lowest BCUT2D eigenvalue weighted by Crippen LogP contribution is -1.96. The molecule has 18 heavy (non-hydrogen) atoms. The Kier molecular flexibility index (Phi) is 3.86. The normalized spacial score (nSPS) is 10.7. The monoisotopic (exact) mass is 238 g/mol. The lowest BCUT2D eigenvalue weighted by atomic mass is 9.90. The molecule has 0 nitrogen and oxygen atoms in total. The second kappa shape index (κ2) is 5.39. The van der Waals surface area contributed by atoms with Crippen molar-refractivity contribution in [1.82, 2.24) is 0 Å². The highest BCUT2D eigenvalue weighted by molar-refractivity contribution is 5.70. The van der Waals surface area contributed by atoms with Gasteiger partial charge in [-0.15, -0.1) is 0 Å². The van der Waals surface area contributed by atoms with E-state index in [0.717, 1.165) is 12.8 Å². The Morgan fingerprint density at radius 3 is 2.22 bits per heavy atom. The summed E-state index contributed by atoms with van der Waals surface area (Å²) in [4.78, 5) is 0. The highest BCUT2D eigenvalue weighted by Crippen LogP contribution is 2.29. The molecule has 94 valence electrons. The molecule has 0 N–H and O–H groups in total. The summed E-state index contributed by atoms with van der Waals surface area (Å²) in [7, 11) is 0. The molecule has 0 unspecified atom stereocenters. The van der Waals surface area contributed by atoms with Crippen molar-refractivity contribution < 1.29 is 0 Å². The molecule has 0 heteroatoms.